The fourth-order valence-electron chi connectivity index (χ4n) is 13.9. The molecule has 3 heterocycles. The maximum atomic E-state index is 5.60. The van der Waals surface area contributed by atoms with E-state index in [1.807, 2.05) is 0 Å². The molecule has 12 aromatic carbocycles. The molecule has 5 nitrogen and oxygen atoms in total. The Kier molecular flexibility index (Phi) is 13.3. The molecule has 1 aliphatic rings. The number of nitrogens with zero attached hydrogens (tertiary/aromatic N) is 5. The molecular formula is C84H61N5. The van der Waals surface area contributed by atoms with Crippen LogP contribution < -0.4 is 0 Å². The number of allylic oxidation sites excluding steroid dienone is 1. The van der Waals surface area contributed by atoms with Crippen molar-refractivity contribution in [2.24, 2.45) is 0 Å². The molecule has 0 fully saturated rings. The van der Waals surface area contributed by atoms with Gasteiger partial charge in [0.05, 0.1) is 22.2 Å². The van der Waals surface area contributed by atoms with Crippen molar-refractivity contribution >= 4 is 38.8 Å². The zero-order chi connectivity index (χ0) is 59.5. The van der Waals surface area contributed by atoms with Gasteiger partial charge in [-0.3, -0.25) is 0 Å². The highest BCUT2D eigenvalue weighted by atomic mass is 15.0. The number of aromatic nitrogens is 5. The minimum Gasteiger partial charge on any atom is -0.313 e. The number of para-hydroxylation sites is 1. The number of fused-ring (bicyclic) bond motifs is 6. The summed E-state index contributed by atoms with van der Waals surface area (Å²) in [6.45, 7) is 6.69. The zero-order valence-electron chi connectivity index (χ0n) is 49.9. The van der Waals surface area contributed by atoms with Crippen LogP contribution >= 0.6 is 0 Å². The lowest BCUT2D eigenvalue weighted by Gasteiger charge is -2.21. The van der Waals surface area contributed by atoms with Gasteiger partial charge in [0.15, 0.2) is 17.5 Å². The molecule has 0 saturated heterocycles. The highest BCUT2D eigenvalue weighted by molar-refractivity contribution is 6.13. The van der Waals surface area contributed by atoms with Crippen molar-refractivity contribution in [3.05, 3.63) is 313 Å². The molecule has 422 valence electrons. The number of hydrogen-bond acceptors (Lipinski definition) is 3. The highest BCUT2D eigenvalue weighted by Gasteiger charge is 2.26. The second kappa shape index (κ2) is 22.2. The van der Waals surface area contributed by atoms with E-state index in [-0.39, 0.29) is 0 Å². The third-order valence-electron chi connectivity index (χ3n) is 17.9. The van der Waals surface area contributed by atoms with Gasteiger partial charge < -0.3 is 9.13 Å². The largest absolute Gasteiger partial charge is 0.313 e. The average Bonchev–Trinajstić information content (AvgIpc) is 1.85. The lowest BCUT2D eigenvalue weighted by atomic mass is 9.92. The van der Waals surface area contributed by atoms with Gasteiger partial charge in [-0.2, -0.15) is 0 Å². The van der Waals surface area contributed by atoms with Gasteiger partial charge in [-0.25, -0.2) is 15.0 Å². The second-order valence-corrected chi connectivity index (χ2v) is 23.6. The van der Waals surface area contributed by atoms with Crippen LogP contribution in [0.4, 0.5) is 0 Å². The van der Waals surface area contributed by atoms with Crippen molar-refractivity contribution in [1.29, 1.82) is 0 Å². The van der Waals surface area contributed by atoms with Crippen LogP contribution in [-0.2, 0) is 6.42 Å². The summed E-state index contributed by atoms with van der Waals surface area (Å²) in [5.74, 6) is 1.74. The third-order valence-corrected chi connectivity index (χ3v) is 17.9. The van der Waals surface area contributed by atoms with Gasteiger partial charge >= 0.3 is 0 Å². The minimum atomic E-state index is 0.571. The lowest BCUT2D eigenvalue weighted by molar-refractivity contribution is 0.889. The molecule has 0 amide bonds. The molecule has 0 atom stereocenters. The summed E-state index contributed by atoms with van der Waals surface area (Å²) in [5, 5.41) is 3.65. The van der Waals surface area contributed by atoms with E-state index in [2.05, 4.69) is 321 Å². The van der Waals surface area contributed by atoms with E-state index in [9.17, 15) is 0 Å². The van der Waals surface area contributed by atoms with Crippen molar-refractivity contribution in [2.45, 2.75) is 33.6 Å². The maximum absolute atomic E-state index is 5.60. The first kappa shape index (κ1) is 53.2. The van der Waals surface area contributed by atoms with Crippen LogP contribution in [0.1, 0.15) is 34.4 Å². The molecule has 3 aromatic heterocycles. The molecular weight excluding hydrogens is 1080 g/mol. The van der Waals surface area contributed by atoms with Gasteiger partial charge in [0.25, 0.3) is 0 Å². The molecule has 0 unspecified atom stereocenters. The summed E-state index contributed by atoms with van der Waals surface area (Å²) in [5.41, 5.74) is 28.2. The van der Waals surface area contributed by atoms with Crippen LogP contribution in [0.2, 0.25) is 0 Å². The molecule has 0 saturated carbocycles. The van der Waals surface area contributed by atoms with E-state index in [0.717, 1.165) is 108 Å². The van der Waals surface area contributed by atoms with Crippen LogP contribution in [0.25, 0.3) is 151 Å². The van der Waals surface area contributed by atoms with Crippen LogP contribution in [0.15, 0.2) is 285 Å². The number of aryl methyl sites for hydroxylation is 3. The smallest absolute Gasteiger partial charge is 0.164 e. The summed E-state index contributed by atoms with van der Waals surface area (Å²) >= 11 is 0. The molecule has 0 radical (unpaired) electrons. The fourth-order valence-corrected chi connectivity index (χ4v) is 13.9. The van der Waals surface area contributed by atoms with E-state index in [4.69, 9.17) is 15.0 Å². The lowest BCUT2D eigenvalue weighted by Crippen LogP contribution is -2.05. The van der Waals surface area contributed by atoms with Gasteiger partial charge in [0.1, 0.15) is 0 Å². The SMILES string of the molecule is Cc1cc(C)c(-c2ccc3c(c2)c2cc(-n4c5c(c6ccccc64)C=CCC5)ccc2n3-c2c(-c3ccccc3)cc(-c3nc(-c4ccc(-c5ccccc5)cc4)nc(-c4cc(-c5ccccc5)cc(-c5ccccc5)c4)n3)cc2-c2ccccc2)c(C)c1. The van der Waals surface area contributed by atoms with Gasteiger partial charge in [-0.05, 0) is 167 Å². The summed E-state index contributed by atoms with van der Waals surface area (Å²) in [7, 11) is 0. The normalized spacial score (nSPS) is 12.1. The fraction of sp³-hybridized carbons (Fsp3) is 0.0595. The van der Waals surface area contributed by atoms with Crippen molar-refractivity contribution in [1.82, 2.24) is 24.1 Å². The number of rotatable bonds is 11. The summed E-state index contributed by atoms with van der Waals surface area (Å²) in [6.07, 6.45) is 6.63. The zero-order valence-corrected chi connectivity index (χ0v) is 49.9. The average molecular weight is 1140 g/mol. The predicted octanol–water partition coefficient (Wildman–Crippen LogP) is 21.8. The monoisotopic (exact) mass is 1140 g/mol. The predicted molar refractivity (Wildman–Crippen MR) is 371 cm³/mol. The van der Waals surface area contributed by atoms with Crippen LogP contribution in [0, 0.1) is 20.8 Å². The minimum absolute atomic E-state index is 0.571. The Morgan fingerprint density at radius 3 is 1.31 bits per heavy atom. The van der Waals surface area contributed by atoms with E-state index in [1.54, 1.807) is 0 Å². The first-order chi connectivity index (χ1) is 43.8. The van der Waals surface area contributed by atoms with Crippen molar-refractivity contribution in [2.75, 3.05) is 0 Å². The molecule has 89 heavy (non-hydrogen) atoms. The molecule has 0 bridgehead atoms. The standard InChI is InChI=1S/C84H61N5/c1-54-45-55(2)80(56(3)46-54)64-41-43-78-74(50-64)75-53-69(88-76-35-21-19-33-70(76)71-34-20-22-36-77(71)88)42-44-79(75)89(78)81-72(61-29-15-7-16-30-61)51-68(52-73(81)62-31-17-8-18-32-62)84-86-82(63-39-37-60(38-40-63)57-23-9-4-10-24-57)85-83(87-84)67-48-65(58-25-11-5-12-26-58)47-66(49-67)59-27-13-6-14-28-59/h4-21,23-35,37-53H,22,36H2,1-3H3. The third kappa shape index (κ3) is 9.65. The number of benzene rings is 12. The van der Waals surface area contributed by atoms with E-state index < -0.39 is 0 Å². The Morgan fingerprint density at radius 2 is 0.742 bits per heavy atom. The summed E-state index contributed by atoms with van der Waals surface area (Å²) in [6, 6.07) is 101. The Morgan fingerprint density at radius 1 is 0.315 bits per heavy atom. The molecule has 0 spiro atoms. The highest BCUT2D eigenvalue weighted by Crippen LogP contribution is 2.46. The molecule has 15 aromatic rings. The van der Waals surface area contributed by atoms with Crippen molar-refractivity contribution < 1.29 is 0 Å². The van der Waals surface area contributed by atoms with Gasteiger partial charge in [-0.1, -0.05) is 230 Å². The van der Waals surface area contributed by atoms with E-state index >= 15 is 0 Å². The quantitative estimate of drug-likeness (QED) is 0.130. The Labute approximate surface area is 518 Å². The first-order valence-electron chi connectivity index (χ1n) is 30.8. The van der Waals surface area contributed by atoms with Crippen LogP contribution in [0.3, 0.4) is 0 Å². The summed E-state index contributed by atoms with van der Waals surface area (Å²) in [4.78, 5) is 16.6. The van der Waals surface area contributed by atoms with Gasteiger partial charge in [0, 0.05) is 60.9 Å². The molecule has 0 N–H and O–H groups in total. The maximum Gasteiger partial charge on any atom is 0.164 e. The molecule has 16 rings (SSSR count). The van der Waals surface area contributed by atoms with Gasteiger partial charge in [0.2, 0.25) is 0 Å². The first-order valence-corrected chi connectivity index (χ1v) is 30.8. The van der Waals surface area contributed by atoms with Gasteiger partial charge in [-0.15, -0.1) is 0 Å². The van der Waals surface area contributed by atoms with Crippen LogP contribution in [0.5, 0.6) is 0 Å². The van der Waals surface area contributed by atoms with E-state index in [1.165, 1.54) is 60.8 Å². The van der Waals surface area contributed by atoms with Crippen molar-refractivity contribution in [3.8, 4) is 112 Å². The topological polar surface area (TPSA) is 48.5 Å². The second-order valence-electron chi connectivity index (χ2n) is 23.6. The van der Waals surface area contributed by atoms with Crippen LogP contribution in [-0.4, -0.2) is 24.1 Å². The Balaban J connectivity index is 0.971. The molecule has 0 aliphatic heterocycles. The van der Waals surface area contributed by atoms with Crippen molar-refractivity contribution in [3.63, 3.8) is 0 Å². The molecule has 5 heteroatoms. The Bertz CT molecular complexity index is 5090. The molecule has 1 aliphatic carbocycles. The number of hydrogen-bond donors (Lipinski definition) is 0. The Hall–Kier alpha value is -11.3. The summed E-state index contributed by atoms with van der Waals surface area (Å²) < 4.78 is 5.05. The van der Waals surface area contributed by atoms with E-state index in [0.29, 0.717) is 17.5 Å².